The summed E-state index contributed by atoms with van der Waals surface area (Å²) >= 11 is 0. The molecule has 0 unspecified atom stereocenters. The molecule has 2 aromatic rings. The molecule has 2 aliphatic rings. The number of rotatable bonds is 10. The molecule has 1 aromatic carbocycles. The van der Waals surface area contributed by atoms with Crippen molar-refractivity contribution < 1.29 is 17.9 Å². The molecule has 0 saturated carbocycles. The zero-order valence-corrected chi connectivity index (χ0v) is 24.6. The average molecular weight is 554 g/mol. The van der Waals surface area contributed by atoms with Crippen LogP contribution in [0.3, 0.4) is 0 Å². The summed E-state index contributed by atoms with van der Waals surface area (Å²) in [5, 5.41) is 9.41. The molecule has 204 valence electrons. The van der Waals surface area contributed by atoms with Gasteiger partial charge in [0.25, 0.3) is 0 Å². The highest BCUT2D eigenvalue weighted by Gasteiger charge is 2.26. The van der Waals surface area contributed by atoms with E-state index in [2.05, 4.69) is 42.8 Å². The van der Waals surface area contributed by atoms with E-state index >= 15 is 0 Å². The summed E-state index contributed by atoms with van der Waals surface area (Å²) in [4.78, 5) is 17.8. The van der Waals surface area contributed by atoms with Gasteiger partial charge < -0.3 is 9.30 Å². The Bertz CT molecular complexity index is 1330. The van der Waals surface area contributed by atoms with Crippen LogP contribution >= 0.6 is 0 Å². The van der Waals surface area contributed by atoms with Crippen molar-refractivity contribution in [2.24, 2.45) is 0 Å². The van der Waals surface area contributed by atoms with Crippen molar-refractivity contribution in [3.05, 3.63) is 58.7 Å². The molecule has 1 aromatic heterocycles. The first-order valence-electron chi connectivity index (χ1n) is 13.7. The van der Waals surface area contributed by atoms with Gasteiger partial charge in [0, 0.05) is 27.3 Å². The Kier molecular flexibility index (Phi) is 9.06. The van der Waals surface area contributed by atoms with E-state index in [-0.39, 0.29) is 47.9 Å². The summed E-state index contributed by atoms with van der Waals surface area (Å²) in [6, 6.07) is 9.35. The van der Waals surface area contributed by atoms with E-state index in [1.54, 1.807) is 10.8 Å². The molecular formula is C29H39N3O4SSi. The van der Waals surface area contributed by atoms with Gasteiger partial charge in [0.15, 0.2) is 11.5 Å². The fourth-order valence-corrected chi connectivity index (χ4v) is 7.44. The molecule has 38 heavy (non-hydrogen) atoms. The van der Waals surface area contributed by atoms with Crippen LogP contribution in [0.25, 0.3) is 5.57 Å². The Morgan fingerprint density at radius 2 is 1.97 bits per heavy atom. The van der Waals surface area contributed by atoms with Gasteiger partial charge in [0.1, 0.15) is 22.6 Å². The summed E-state index contributed by atoms with van der Waals surface area (Å²) < 4.78 is 31.4. The normalized spacial score (nSPS) is 18.1. The van der Waals surface area contributed by atoms with Crippen LogP contribution < -0.4 is 0 Å². The van der Waals surface area contributed by atoms with Crippen molar-refractivity contribution >= 4 is 29.3 Å². The summed E-state index contributed by atoms with van der Waals surface area (Å²) in [6.45, 7) is 7.68. The van der Waals surface area contributed by atoms with Gasteiger partial charge in [-0.2, -0.15) is 5.26 Å². The van der Waals surface area contributed by atoms with E-state index in [9.17, 15) is 18.5 Å². The number of nitrogens with zero attached hydrogens (tertiary/aromatic N) is 3. The van der Waals surface area contributed by atoms with Crippen LogP contribution in [0.4, 0.5) is 0 Å². The molecule has 7 nitrogen and oxygen atoms in total. The Labute approximate surface area is 227 Å². The summed E-state index contributed by atoms with van der Waals surface area (Å²) in [6.07, 6.45) is 9.63. The largest absolute Gasteiger partial charge is 0.361 e. The van der Waals surface area contributed by atoms with Crippen LogP contribution in [0.2, 0.25) is 25.7 Å². The minimum absolute atomic E-state index is 0.144. The van der Waals surface area contributed by atoms with Gasteiger partial charge in [-0.05, 0) is 72.8 Å². The quantitative estimate of drug-likeness (QED) is 0.211. The first-order chi connectivity index (χ1) is 18.0. The Balaban J connectivity index is 1.56. The zero-order valence-electron chi connectivity index (χ0n) is 22.8. The van der Waals surface area contributed by atoms with Crippen LogP contribution in [-0.2, 0) is 27.7 Å². The number of carbonyl (C=O) groups is 1. The van der Waals surface area contributed by atoms with Crippen molar-refractivity contribution in [3.63, 3.8) is 0 Å². The predicted octanol–water partition coefficient (Wildman–Crippen LogP) is 5.74. The minimum Gasteiger partial charge on any atom is -0.361 e. The summed E-state index contributed by atoms with van der Waals surface area (Å²) in [5.74, 6) is 0.797. The number of imidazole rings is 1. The van der Waals surface area contributed by atoms with Crippen LogP contribution in [-0.4, -0.2) is 49.9 Å². The fourth-order valence-electron chi connectivity index (χ4n) is 5.19. The van der Waals surface area contributed by atoms with Crippen LogP contribution in [0.1, 0.15) is 77.4 Å². The number of nitriles is 1. The SMILES string of the molecule is C[Si](C)(C)CCOCn1cc(C#N)nc1C(=O)Cc1ccc(C2CCS(=O)(=O)CC2)cc1C1=CCCCC1. The zero-order chi connectivity index (χ0) is 27.3. The van der Waals surface area contributed by atoms with Crippen molar-refractivity contribution in [2.75, 3.05) is 18.1 Å². The third kappa shape index (κ3) is 7.52. The highest BCUT2D eigenvalue weighted by atomic mass is 32.2. The number of carbonyl (C=O) groups excluding carboxylic acids is 1. The fraction of sp³-hybridized carbons (Fsp3) is 0.552. The molecule has 0 atom stereocenters. The minimum atomic E-state index is -2.93. The number of allylic oxidation sites excluding steroid dienone is 2. The number of ketones is 1. The maximum atomic E-state index is 13.5. The molecule has 1 fully saturated rings. The monoisotopic (exact) mass is 553 g/mol. The molecule has 9 heteroatoms. The number of ether oxygens (including phenoxy) is 1. The van der Waals surface area contributed by atoms with Crippen molar-refractivity contribution in [2.45, 2.75) is 83.3 Å². The van der Waals surface area contributed by atoms with Crippen LogP contribution in [0, 0.1) is 11.3 Å². The second kappa shape index (κ2) is 12.1. The van der Waals surface area contributed by atoms with E-state index in [4.69, 9.17) is 4.74 Å². The lowest BCUT2D eigenvalue weighted by Gasteiger charge is -2.24. The molecule has 0 N–H and O–H groups in total. The molecule has 1 aliphatic heterocycles. The van der Waals surface area contributed by atoms with Crippen molar-refractivity contribution in [1.29, 1.82) is 5.26 Å². The maximum absolute atomic E-state index is 13.5. The smallest absolute Gasteiger partial charge is 0.202 e. The highest BCUT2D eigenvalue weighted by Crippen LogP contribution is 2.35. The van der Waals surface area contributed by atoms with Crippen LogP contribution in [0.5, 0.6) is 0 Å². The molecule has 4 rings (SSSR count). The number of hydrogen-bond donors (Lipinski definition) is 0. The molecule has 1 saturated heterocycles. The third-order valence-corrected chi connectivity index (χ3v) is 10.9. The topological polar surface area (TPSA) is 102 Å². The lowest BCUT2D eigenvalue weighted by molar-refractivity contribution is 0.0799. The number of benzene rings is 1. The molecular weight excluding hydrogens is 514 g/mol. The van der Waals surface area contributed by atoms with Crippen LogP contribution in [0.15, 0.2) is 30.5 Å². The van der Waals surface area contributed by atoms with Gasteiger partial charge in [-0.3, -0.25) is 4.79 Å². The molecule has 1 aliphatic carbocycles. The standard InChI is InChI=1S/C29H39N3O4SSi/c1-38(2,3)16-13-36-21-32-20-26(19-30)31-29(32)28(33)18-25-10-9-24(22-11-14-37(34,35)15-12-22)17-27(25)23-7-5-4-6-8-23/h7,9-10,17,20,22H,4-6,8,11-16,18,21H2,1-3H3. The maximum Gasteiger partial charge on any atom is 0.202 e. The number of Topliss-reactive ketones (excluding diaryl/α,β-unsaturated/α-hetero) is 1. The number of aromatic nitrogens is 2. The third-order valence-electron chi connectivity index (χ3n) is 7.52. The Morgan fingerprint density at radius 1 is 1.21 bits per heavy atom. The number of sulfone groups is 1. The molecule has 0 bridgehead atoms. The Morgan fingerprint density at radius 3 is 2.63 bits per heavy atom. The molecule has 0 amide bonds. The first kappa shape index (κ1) is 28.5. The Hall–Kier alpha value is -2.54. The van der Waals surface area contributed by atoms with E-state index < -0.39 is 17.9 Å². The van der Waals surface area contributed by atoms with Gasteiger partial charge in [-0.25, -0.2) is 13.4 Å². The average Bonchev–Trinajstić information content (AvgIpc) is 3.30. The van der Waals surface area contributed by atoms with E-state index in [1.807, 2.05) is 12.1 Å². The summed E-state index contributed by atoms with van der Waals surface area (Å²) in [5.41, 5.74) is 4.67. The van der Waals surface area contributed by atoms with Gasteiger partial charge >= 0.3 is 0 Å². The molecule has 0 radical (unpaired) electrons. The van der Waals surface area contributed by atoms with E-state index in [1.165, 1.54) is 12.0 Å². The molecule has 2 heterocycles. The highest BCUT2D eigenvalue weighted by molar-refractivity contribution is 7.91. The van der Waals surface area contributed by atoms with Gasteiger partial charge in [-0.15, -0.1) is 0 Å². The lowest BCUT2D eigenvalue weighted by atomic mass is 9.84. The second-order valence-corrected chi connectivity index (χ2v) is 19.7. The van der Waals surface area contributed by atoms with Gasteiger partial charge in [0.2, 0.25) is 5.78 Å². The van der Waals surface area contributed by atoms with E-state index in [0.29, 0.717) is 19.4 Å². The lowest BCUT2D eigenvalue weighted by Crippen LogP contribution is -2.22. The number of hydrogen-bond acceptors (Lipinski definition) is 6. The van der Waals surface area contributed by atoms with Crippen molar-refractivity contribution in [1.82, 2.24) is 9.55 Å². The van der Waals surface area contributed by atoms with Gasteiger partial charge in [0.05, 0.1) is 11.5 Å². The summed E-state index contributed by atoms with van der Waals surface area (Å²) in [7, 11) is -4.16. The second-order valence-electron chi connectivity index (χ2n) is 11.8. The van der Waals surface area contributed by atoms with Gasteiger partial charge in [-0.1, -0.05) is 43.9 Å². The first-order valence-corrected chi connectivity index (χ1v) is 19.2. The van der Waals surface area contributed by atoms with E-state index in [0.717, 1.165) is 42.0 Å². The molecule has 0 spiro atoms. The van der Waals surface area contributed by atoms with Crippen molar-refractivity contribution in [3.8, 4) is 6.07 Å². The predicted molar refractivity (Wildman–Crippen MR) is 153 cm³/mol.